The zero-order valence-electron chi connectivity index (χ0n) is 13.4. The van der Waals surface area contributed by atoms with Crippen molar-refractivity contribution in [2.24, 2.45) is 7.05 Å². The standard InChI is InChI=1S/C17H15Cl2N5O/c1-24-13(8-12(18)14(24)19)17(25)20-11-6-4-10(5-7-11)16-21-15(22-23-16)9-2-3-9/h4-9H,2-3H2,1H3,(H,20,25)(H,21,22,23). The molecule has 8 heteroatoms. The maximum absolute atomic E-state index is 12.4. The van der Waals surface area contributed by atoms with Crippen LogP contribution in [0.3, 0.4) is 0 Å². The van der Waals surface area contributed by atoms with Crippen LogP contribution < -0.4 is 5.32 Å². The zero-order chi connectivity index (χ0) is 17.6. The minimum Gasteiger partial charge on any atom is -0.329 e. The third-order valence-corrected chi connectivity index (χ3v) is 5.06. The molecule has 0 saturated heterocycles. The van der Waals surface area contributed by atoms with Crippen molar-refractivity contribution in [3.8, 4) is 11.4 Å². The lowest BCUT2D eigenvalue weighted by molar-refractivity contribution is 0.101. The number of aromatic nitrogens is 4. The van der Waals surface area contributed by atoms with Gasteiger partial charge in [0.2, 0.25) is 0 Å². The molecule has 1 aliphatic rings. The summed E-state index contributed by atoms with van der Waals surface area (Å²) in [6.07, 6.45) is 2.35. The second-order valence-corrected chi connectivity index (χ2v) is 6.84. The van der Waals surface area contributed by atoms with Gasteiger partial charge in [0.1, 0.15) is 16.7 Å². The average Bonchev–Trinajstić information content (AvgIpc) is 3.29. The first kappa shape index (κ1) is 16.2. The Labute approximate surface area is 154 Å². The Morgan fingerprint density at radius 2 is 2.00 bits per heavy atom. The molecule has 0 spiro atoms. The van der Waals surface area contributed by atoms with Gasteiger partial charge in [-0.2, -0.15) is 5.10 Å². The molecular formula is C17H15Cl2N5O. The number of nitrogens with one attached hydrogen (secondary N) is 2. The molecule has 2 heterocycles. The minimum atomic E-state index is -0.280. The number of carbonyl (C=O) groups is 1. The van der Waals surface area contributed by atoms with E-state index < -0.39 is 0 Å². The third-order valence-electron chi connectivity index (χ3n) is 4.22. The fourth-order valence-corrected chi connectivity index (χ4v) is 2.98. The Balaban J connectivity index is 1.49. The van der Waals surface area contributed by atoms with Gasteiger partial charge >= 0.3 is 0 Å². The molecule has 1 amide bonds. The summed E-state index contributed by atoms with van der Waals surface area (Å²) >= 11 is 11.9. The number of halogens is 2. The van der Waals surface area contributed by atoms with E-state index in [0.29, 0.717) is 33.3 Å². The Morgan fingerprint density at radius 1 is 1.28 bits per heavy atom. The summed E-state index contributed by atoms with van der Waals surface area (Å²) in [4.78, 5) is 16.9. The molecule has 2 N–H and O–H groups in total. The summed E-state index contributed by atoms with van der Waals surface area (Å²) in [6.45, 7) is 0. The van der Waals surface area contributed by atoms with E-state index in [1.54, 1.807) is 17.7 Å². The van der Waals surface area contributed by atoms with Gasteiger partial charge in [-0.05, 0) is 43.2 Å². The number of anilines is 1. The molecule has 1 aromatic carbocycles. The molecular weight excluding hydrogens is 361 g/mol. The van der Waals surface area contributed by atoms with Crippen LogP contribution >= 0.6 is 23.2 Å². The van der Waals surface area contributed by atoms with Gasteiger partial charge in [0.25, 0.3) is 5.91 Å². The van der Waals surface area contributed by atoms with Crippen LogP contribution in [0.25, 0.3) is 11.4 Å². The fraction of sp³-hybridized carbons (Fsp3) is 0.235. The van der Waals surface area contributed by atoms with Crippen LogP contribution in [0.5, 0.6) is 0 Å². The van der Waals surface area contributed by atoms with Gasteiger partial charge in [0, 0.05) is 24.2 Å². The van der Waals surface area contributed by atoms with Crippen molar-refractivity contribution in [3.63, 3.8) is 0 Å². The lowest BCUT2D eigenvalue weighted by Gasteiger charge is -2.07. The maximum atomic E-state index is 12.4. The van der Waals surface area contributed by atoms with Gasteiger partial charge < -0.3 is 9.88 Å². The molecule has 6 nitrogen and oxygen atoms in total. The highest BCUT2D eigenvalue weighted by molar-refractivity contribution is 6.42. The van der Waals surface area contributed by atoms with E-state index in [1.165, 1.54) is 12.8 Å². The van der Waals surface area contributed by atoms with Crippen LogP contribution in [0.1, 0.15) is 35.1 Å². The van der Waals surface area contributed by atoms with Gasteiger partial charge in [-0.3, -0.25) is 9.89 Å². The Hall–Kier alpha value is -2.31. The summed E-state index contributed by atoms with van der Waals surface area (Å²) in [7, 11) is 1.69. The quantitative estimate of drug-likeness (QED) is 0.715. The highest BCUT2D eigenvalue weighted by Crippen LogP contribution is 2.38. The number of H-pyrrole nitrogens is 1. The van der Waals surface area contributed by atoms with E-state index in [9.17, 15) is 4.79 Å². The van der Waals surface area contributed by atoms with Gasteiger partial charge in [0.15, 0.2) is 5.82 Å². The van der Waals surface area contributed by atoms with Gasteiger partial charge in [-0.1, -0.05) is 23.2 Å². The van der Waals surface area contributed by atoms with E-state index >= 15 is 0 Å². The third kappa shape index (κ3) is 3.15. The summed E-state index contributed by atoms with van der Waals surface area (Å²) < 4.78 is 1.54. The van der Waals surface area contributed by atoms with Crippen LogP contribution in [0.4, 0.5) is 5.69 Å². The largest absolute Gasteiger partial charge is 0.329 e. The Bertz CT molecular complexity index is 941. The molecule has 1 aliphatic carbocycles. The second kappa shape index (κ2) is 6.20. The van der Waals surface area contributed by atoms with Crippen molar-refractivity contribution in [1.29, 1.82) is 0 Å². The molecule has 2 aromatic heterocycles. The van der Waals surface area contributed by atoms with E-state index in [-0.39, 0.29) is 5.91 Å². The first-order chi connectivity index (χ1) is 12.0. The minimum absolute atomic E-state index is 0.280. The first-order valence-corrected chi connectivity index (χ1v) is 8.63. The molecule has 128 valence electrons. The monoisotopic (exact) mass is 375 g/mol. The molecule has 0 radical (unpaired) electrons. The molecule has 3 aromatic rings. The number of aromatic amines is 1. The predicted molar refractivity (Wildman–Crippen MR) is 97.2 cm³/mol. The van der Waals surface area contributed by atoms with Gasteiger partial charge in [-0.25, -0.2) is 4.98 Å². The van der Waals surface area contributed by atoms with E-state index in [2.05, 4.69) is 20.5 Å². The van der Waals surface area contributed by atoms with Crippen molar-refractivity contribution in [2.75, 3.05) is 5.32 Å². The molecule has 0 unspecified atom stereocenters. The van der Waals surface area contributed by atoms with Crippen molar-refractivity contribution < 1.29 is 4.79 Å². The summed E-state index contributed by atoms with van der Waals surface area (Å²) in [5.41, 5.74) is 1.95. The zero-order valence-corrected chi connectivity index (χ0v) is 14.9. The number of rotatable bonds is 4. The lowest BCUT2D eigenvalue weighted by atomic mass is 10.2. The SMILES string of the molecule is Cn1c(C(=O)Nc2ccc(-c3n[nH]c(C4CC4)n3)cc2)cc(Cl)c1Cl. The van der Waals surface area contributed by atoms with Crippen LogP contribution in [0.2, 0.25) is 10.2 Å². The van der Waals surface area contributed by atoms with Crippen molar-refractivity contribution in [2.45, 2.75) is 18.8 Å². The average molecular weight is 376 g/mol. The van der Waals surface area contributed by atoms with Crippen molar-refractivity contribution >= 4 is 34.8 Å². The molecule has 0 aliphatic heterocycles. The number of hydrogen-bond donors (Lipinski definition) is 2. The molecule has 1 fully saturated rings. The van der Waals surface area contributed by atoms with E-state index in [0.717, 1.165) is 11.4 Å². The molecule has 25 heavy (non-hydrogen) atoms. The smallest absolute Gasteiger partial charge is 0.272 e. The summed E-state index contributed by atoms with van der Waals surface area (Å²) in [5.74, 6) is 1.87. The molecule has 0 bridgehead atoms. The predicted octanol–water partition coefficient (Wildman–Crippen LogP) is 4.25. The van der Waals surface area contributed by atoms with Crippen LogP contribution in [0, 0.1) is 0 Å². The van der Waals surface area contributed by atoms with Crippen molar-refractivity contribution in [3.05, 3.63) is 52.0 Å². The highest BCUT2D eigenvalue weighted by atomic mass is 35.5. The Kier molecular flexibility index (Phi) is 4.01. The van der Waals surface area contributed by atoms with Crippen LogP contribution in [-0.2, 0) is 7.05 Å². The topological polar surface area (TPSA) is 75.6 Å². The van der Waals surface area contributed by atoms with Gasteiger partial charge in [0.05, 0.1) is 5.02 Å². The number of nitrogens with zero attached hydrogens (tertiary/aromatic N) is 3. The molecule has 4 rings (SSSR count). The van der Waals surface area contributed by atoms with E-state index in [1.807, 2.05) is 24.3 Å². The summed E-state index contributed by atoms with van der Waals surface area (Å²) in [5, 5.41) is 10.7. The number of hydrogen-bond acceptors (Lipinski definition) is 3. The van der Waals surface area contributed by atoms with Crippen LogP contribution in [-0.4, -0.2) is 25.7 Å². The number of amides is 1. The number of carbonyl (C=O) groups excluding carboxylic acids is 1. The first-order valence-electron chi connectivity index (χ1n) is 7.87. The summed E-state index contributed by atoms with van der Waals surface area (Å²) in [6, 6.07) is 8.92. The lowest BCUT2D eigenvalue weighted by Crippen LogP contribution is -2.15. The maximum Gasteiger partial charge on any atom is 0.272 e. The van der Waals surface area contributed by atoms with E-state index in [4.69, 9.17) is 23.2 Å². The number of benzene rings is 1. The highest BCUT2D eigenvalue weighted by Gasteiger charge is 2.27. The van der Waals surface area contributed by atoms with Gasteiger partial charge in [-0.15, -0.1) is 0 Å². The van der Waals surface area contributed by atoms with Crippen LogP contribution in [0.15, 0.2) is 30.3 Å². The fourth-order valence-electron chi connectivity index (χ4n) is 2.60. The second-order valence-electron chi connectivity index (χ2n) is 6.08. The molecule has 1 saturated carbocycles. The van der Waals surface area contributed by atoms with Crippen molar-refractivity contribution in [1.82, 2.24) is 19.7 Å². The Morgan fingerprint density at radius 3 is 2.60 bits per heavy atom. The normalized spacial score (nSPS) is 13.9. The molecule has 0 atom stereocenters.